The van der Waals surface area contributed by atoms with Crippen LogP contribution in [0.5, 0.6) is 11.5 Å². The summed E-state index contributed by atoms with van der Waals surface area (Å²) in [6, 6.07) is 15.4. The molecular weight excluding hydrogens is 376 g/mol. The summed E-state index contributed by atoms with van der Waals surface area (Å²) in [5.41, 5.74) is 2.92. The number of halogens is 1. The van der Waals surface area contributed by atoms with Crippen molar-refractivity contribution in [3.63, 3.8) is 0 Å². The van der Waals surface area contributed by atoms with Crippen LogP contribution in [-0.2, 0) is 13.1 Å². The fraction of sp³-hybridized carbons (Fsp3) is 0.238. The van der Waals surface area contributed by atoms with E-state index in [4.69, 9.17) is 21.1 Å². The van der Waals surface area contributed by atoms with Crippen molar-refractivity contribution in [1.29, 1.82) is 0 Å². The molecule has 3 aromatic rings. The van der Waals surface area contributed by atoms with E-state index in [-0.39, 0.29) is 0 Å². The van der Waals surface area contributed by atoms with E-state index in [9.17, 15) is 0 Å². The molecule has 2 N–H and O–H groups in total. The zero-order valence-electron chi connectivity index (χ0n) is 16.1. The molecule has 0 aliphatic heterocycles. The fourth-order valence-electron chi connectivity index (χ4n) is 2.74. The van der Waals surface area contributed by atoms with Gasteiger partial charge in [0.1, 0.15) is 5.82 Å². The Hall–Kier alpha value is -2.99. The molecule has 0 spiro atoms. The Labute approximate surface area is 169 Å². The van der Waals surface area contributed by atoms with Crippen LogP contribution in [0.2, 0.25) is 5.02 Å². The lowest BCUT2D eigenvalue weighted by atomic mass is 10.2. The van der Waals surface area contributed by atoms with Crippen molar-refractivity contribution in [3.8, 4) is 11.5 Å². The van der Waals surface area contributed by atoms with Crippen molar-refractivity contribution in [3.05, 3.63) is 70.4 Å². The maximum Gasteiger partial charge on any atom is 0.225 e. The number of nitrogens with zero attached hydrogens (tertiary/aromatic N) is 2. The molecule has 6 nitrogen and oxygen atoms in total. The monoisotopic (exact) mass is 398 g/mol. The molecule has 0 amide bonds. The van der Waals surface area contributed by atoms with Crippen LogP contribution in [0.15, 0.2) is 48.5 Å². The van der Waals surface area contributed by atoms with Gasteiger partial charge in [0.05, 0.1) is 14.2 Å². The maximum absolute atomic E-state index is 6.20. The number of nitrogens with one attached hydrogen (secondary N) is 2. The third-order valence-electron chi connectivity index (χ3n) is 4.17. The first-order valence-corrected chi connectivity index (χ1v) is 9.24. The molecule has 0 saturated carbocycles. The van der Waals surface area contributed by atoms with Gasteiger partial charge in [-0.3, -0.25) is 0 Å². The van der Waals surface area contributed by atoms with E-state index >= 15 is 0 Å². The lowest BCUT2D eigenvalue weighted by molar-refractivity contribution is 0.354. The summed E-state index contributed by atoms with van der Waals surface area (Å²) in [7, 11) is 3.25. The van der Waals surface area contributed by atoms with Gasteiger partial charge in [-0.15, -0.1) is 0 Å². The summed E-state index contributed by atoms with van der Waals surface area (Å²) in [4.78, 5) is 8.98. The van der Waals surface area contributed by atoms with Crippen LogP contribution < -0.4 is 20.1 Å². The van der Waals surface area contributed by atoms with Crippen molar-refractivity contribution in [1.82, 2.24) is 9.97 Å². The molecule has 0 bridgehead atoms. The van der Waals surface area contributed by atoms with Crippen LogP contribution in [0.25, 0.3) is 0 Å². The number of benzene rings is 2. The minimum atomic E-state index is 0.551. The second-order valence-corrected chi connectivity index (χ2v) is 6.61. The van der Waals surface area contributed by atoms with Gasteiger partial charge in [0.15, 0.2) is 11.5 Å². The van der Waals surface area contributed by atoms with Gasteiger partial charge in [-0.25, -0.2) is 4.98 Å². The van der Waals surface area contributed by atoms with Gasteiger partial charge in [-0.2, -0.15) is 4.98 Å². The molecule has 0 unspecified atom stereocenters. The van der Waals surface area contributed by atoms with Gasteiger partial charge in [0.2, 0.25) is 5.95 Å². The first kappa shape index (κ1) is 19.8. The largest absolute Gasteiger partial charge is 0.493 e. The number of anilines is 2. The van der Waals surface area contributed by atoms with Crippen LogP contribution >= 0.6 is 11.6 Å². The molecule has 0 radical (unpaired) electrons. The van der Waals surface area contributed by atoms with E-state index in [1.54, 1.807) is 14.2 Å². The molecule has 0 aliphatic rings. The summed E-state index contributed by atoms with van der Waals surface area (Å²) in [6.07, 6.45) is 0. The molecule has 146 valence electrons. The minimum absolute atomic E-state index is 0.551. The van der Waals surface area contributed by atoms with Gasteiger partial charge in [0, 0.05) is 29.9 Å². The summed E-state index contributed by atoms with van der Waals surface area (Å²) >= 11 is 6.20. The van der Waals surface area contributed by atoms with Gasteiger partial charge in [0.25, 0.3) is 0 Å². The Morgan fingerprint density at radius 1 is 0.893 bits per heavy atom. The van der Waals surface area contributed by atoms with Crippen molar-refractivity contribution in [2.45, 2.75) is 20.0 Å². The quantitative estimate of drug-likeness (QED) is 0.574. The SMILES string of the molecule is COc1ccc(CNc2cc(C)nc(NCc3ccccc3Cl)n2)cc1OC. The summed E-state index contributed by atoms with van der Waals surface area (Å²) in [6.45, 7) is 3.09. The summed E-state index contributed by atoms with van der Waals surface area (Å²) < 4.78 is 10.6. The number of aromatic nitrogens is 2. The van der Waals surface area contributed by atoms with Crippen LogP contribution in [0.4, 0.5) is 11.8 Å². The maximum atomic E-state index is 6.20. The number of methoxy groups -OCH3 is 2. The highest BCUT2D eigenvalue weighted by Gasteiger charge is 2.07. The Morgan fingerprint density at radius 2 is 1.68 bits per heavy atom. The minimum Gasteiger partial charge on any atom is -0.493 e. The lowest BCUT2D eigenvalue weighted by Gasteiger charge is -2.12. The standard InChI is InChI=1S/C21H23ClN4O2/c1-14-10-20(23-12-15-8-9-18(27-2)19(11-15)28-3)26-21(25-14)24-13-16-6-4-5-7-17(16)22/h4-11H,12-13H2,1-3H3,(H2,23,24,25,26). The van der Waals surface area contributed by atoms with E-state index < -0.39 is 0 Å². The van der Waals surface area contributed by atoms with Crippen LogP contribution in [0.1, 0.15) is 16.8 Å². The molecule has 2 aromatic carbocycles. The normalized spacial score (nSPS) is 10.4. The Kier molecular flexibility index (Phi) is 6.55. The predicted molar refractivity (Wildman–Crippen MR) is 112 cm³/mol. The van der Waals surface area contributed by atoms with Gasteiger partial charge >= 0.3 is 0 Å². The second-order valence-electron chi connectivity index (χ2n) is 6.21. The molecule has 0 atom stereocenters. The van der Waals surface area contributed by atoms with E-state index in [2.05, 4.69) is 20.6 Å². The predicted octanol–water partition coefficient (Wildman–Crippen LogP) is 4.68. The third kappa shape index (κ3) is 5.04. The zero-order valence-corrected chi connectivity index (χ0v) is 16.9. The number of rotatable bonds is 8. The number of hydrogen-bond donors (Lipinski definition) is 2. The van der Waals surface area contributed by atoms with E-state index in [0.29, 0.717) is 30.5 Å². The van der Waals surface area contributed by atoms with Crippen molar-refractivity contribution in [2.24, 2.45) is 0 Å². The molecule has 7 heteroatoms. The van der Waals surface area contributed by atoms with Crippen LogP contribution in [0.3, 0.4) is 0 Å². The number of aryl methyl sites for hydroxylation is 1. The zero-order chi connectivity index (χ0) is 19.9. The van der Waals surface area contributed by atoms with Crippen LogP contribution in [0, 0.1) is 6.92 Å². The number of hydrogen-bond acceptors (Lipinski definition) is 6. The molecule has 0 saturated heterocycles. The highest BCUT2D eigenvalue weighted by Crippen LogP contribution is 2.27. The molecular formula is C21H23ClN4O2. The molecule has 1 aromatic heterocycles. The Morgan fingerprint density at radius 3 is 2.43 bits per heavy atom. The Bertz CT molecular complexity index is 949. The summed E-state index contributed by atoms with van der Waals surface area (Å²) in [5.74, 6) is 2.69. The molecule has 0 fully saturated rings. The highest BCUT2D eigenvalue weighted by atomic mass is 35.5. The smallest absolute Gasteiger partial charge is 0.225 e. The van der Waals surface area contributed by atoms with Gasteiger partial charge in [-0.05, 0) is 36.2 Å². The van der Waals surface area contributed by atoms with Crippen molar-refractivity contribution < 1.29 is 9.47 Å². The van der Waals surface area contributed by atoms with E-state index in [1.165, 1.54) is 0 Å². The topological polar surface area (TPSA) is 68.3 Å². The van der Waals surface area contributed by atoms with Crippen molar-refractivity contribution in [2.75, 3.05) is 24.9 Å². The summed E-state index contributed by atoms with van der Waals surface area (Å²) in [5, 5.41) is 7.28. The van der Waals surface area contributed by atoms with Gasteiger partial charge < -0.3 is 20.1 Å². The second kappa shape index (κ2) is 9.28. The molecule has 0 aliphatic carbocycles. The number of ether oxygens (including phenoxy) is 2. The average Bonchev–Trinajstić information content (AvgIpc) is 2.71. The first-order chi connectivity index (χ1) is 13.6. The average molecular weight is 399 g/mol. The Balaban J connectivity index is 1.67. The van der Waals surface area contributed by atoms with Crippen molar-refractivity contribution >= 4 is 23.4 Å². The third-order valence-corrected chi connectivity index (χ3v) is 4.54. The molecule has 1 heterocycles. The highest BCUT2D eigenvalue weighted by molar-refractivity contribution is 6.31. The van der Waals surface area contributed by atoms with Crippen LogP contribution in [-0.4, -0.2) is 24.2 Å². The fourth-order valence-corrected chi connectivity index (χ4v) is 2.94. The molecule has 3 rings (SSSR count). The van der Waals surface area contributed by atoms with Gasteiger partial charge in [-0.1, -0.05) is 35.9 Å². The molecule has 28 heavy (non-hydrogen) atoms. The first-order valence-electron chi connectivity index (χ1n) is 8.87. The lowest BCUT2D eigenvalue weighted by Crippen LogP contribution is -2.08. The van der Waals surface area contributed by atoms with E-state index in [0.717, 1.165) is 27.7 Å². The van der Waals surface area contributed by atoms with E-state index in [1.807, 2.05) is 55.5 Å².